The molecule has 2 unspecified atom stereocenters. The van der Waals surface area contributed by atoms with Crippen LogP contribution in [0.3, 0.4) is 0 Å². The molecule has 70 valence electrons. The molecule has 0 bridgehead atoms. The Morgan fingerprint density at radius 1 is 1.50 bits per heavy atom. The first-order chi connectivity index (χ1) is 5.60. The van der Waals surface area contributed by atoms with Gasteiger partial charge < -0.3 is 10.6 Å². The number of nitriles is 1. The third kappa shape index (κ3) is 5.11. The maximum absolute atomic E-state index is 8.47. The van der Waals surface area contributed by atoms with Gasteiger partial charge in [0.25, 0.3) is 0 Å². The van der Waals surface area contributed by atoms with Crippen molar-refractivity contribution in [2.45, 2.75) is 26.3 Å². The molecule has 0 amide bonds. The third-order valence-electron chi connectivity index (χ3n) is 1.99. The molecule has 0 aromatic heterocycles. The highest BCUT2D eigenvalue weighted by molar-refractivity contribution is 4.88. The zero-order chi connectivity index (χ0) is 9.56. The smallest absolute Gasteiger partial charge is 0.106 e. The Morgan fingerprint density at radius 3 is 2.50 bits per heavy atom. The minimum absolute atomic E-state index is 0.348. The molecule has 3 heteroatoms. The molecule has 0 aliphatic carbocycles. The lowest BCUT2D eigenvalue weighted by Crippen LogP contribution is -2.36. The van der Waals surface area contributed by atoms with Crippen molar-refractivity contribution in [3.8, 4) is 6.07 Å². The first-order valence-corrected chi connectivity index (χ1v) is 4.43. The van der Waals surface area contributed by atoms with Crippen LogP contribution in [-0.2, 0) is 0 Å². The van der Waals surface area contributed by atoms with Crippen LogP contribution in [0.1, 0.15) is 20.3 Å². The van der Waals surface area contributed by atoms with Gasteiger partial charge in [-0.25, -0.2) is 0 Å². The molecule has 0 saturated carbocycles. The van der Waals surface area contributed by atoms with E-state index in [1.165, 1.54) is 6.42 Å². The van der Waals surface area contributed by atoms with Crippen molar-refractivity contribution >= 4 is 0 Å². The predicted molar refractivity (Wildman–Crippen MR) is 50.5 cm³/mol. The van der Waals surface area contributed by atoms with Gasteiger partial charge in [-0.3, -0.25) is 0 Å². The van der Waals surface area contributed by atoms with Gasteiger partial charge in [0.1, 0.15) is 6.04 Å². The van der Waals surface area contributed by atoms with Crippen LogP contribution in [0.2, 0.25) is 0 Å². The monoisotopic (exact) mass is 169 g/mol. The summed E-state index contributed by atoms with van der Waals surface area (Å²) in [6.07, 6.45) is 1.17. The van der Waals surface area contributed by atoms with Crippen LogP contribution in [0.25, 0.3) is 0 Å². The van der Waals surface area contributed by atoms with Crippen LogP contribution in [0, 0.1) is 17.2 Å². The van der Waals surface area contributed by atoms with Crippen LogP contribution in [0.5, 0.6) is 0 Å². The van der Waals surface area contributed by atoms with E-state index < -0.39 is 0 Å². The molecule has 0 saturated heterocycles. The number of rotatable bonds is 5. The van der Waals surface area contributed by atoms with Gasteiger partial charge in [-0.05, 0) is 13.0 Å². The average Bonchev–Trinajstić information content (AvgIpc) is 2.03. The van der Waals surface area contributed by atoms with E-state index in [1.807, 2.05) is 13.1 Å². The Bertz CT molecular complexity index is 150. The second-order valence-corrected chi connectivity index (χ2v) is 3.47. The van der Waals surface area contributed by atoms with E-state index in [2.05, 4.69) is 18.7 Å². The fourth-order valence-electron chi connectivity index (χ4n) is 1.11. The van der Waals surface area contributed by atoms with Crippen molar-refractivity contribution < 1.29 is 0 Å². The van der Waals surface area contributed by atoms with E-state index in [0.717, 1.165) is 6.54 Å². The highest BCUT2D eigenvalue weighted by atomic mass is 15.1. The number of likely N-dealkylation sites (N-methyl/N-ethyl adjacent to an activating group) is 1. The molecule has 0 fully saturated rings. The summed E-state index contributed by atoms with van der Waals surface area (Å²) in [7, 11) is 2.00. The van der Waals surface area contributed by atoms with Gasteiger partial charge >= 0.3 is 0 Å². The minimum atomic E-state index is -0.348. The van der Waals surface area contributed by atoms with E-state index >= 15 is 0 Å². The summed E-state index contributed by atoms with van der Waals surface area (Å²) in [4.78, 5) is 2.11. The zero-order valence-corrected chi connectivity index (χ0v) is 8.25. The first kappa shape index (κ1) is 11.4. The van der Waals surface area contributed by atoms with Crippen molar-refractivity contribution in [2.75, 3.05) is 20.1 Å². The molecular weight excluding hydrogens is 150 g/mol. The van der Waals surface area contributed by atoms with Gasteiger partial charge in [0.15, 0.2) is 0 Å². The number of hydrogen-bond donors (Lipinski definition) is 1. The van der Waals surface area contributed by atoms with Gasteiger partial charge in [-0.1, -0.05) is 20.3 Å². The van der Waals surface area contributed by atoms with E-state index in [9.17, 15) is 0 Å². The molecule has 2 atom stereocenters. The van der Waals surface area contributed by atoms with Crippen molar-refractivity contribution in [3.63, 3.8) is 0 Å². The SMILES string of the molecule is CCC(C)CN(C)CC(N)C#N. The first-order valence-electron chi connectivity index (χ1n) is 4.43. The maximum Gasteiger partial charge on any atom is 0.106 e. The fourth-order valence-corrected chi connectivity index (χ4v) is 1.11. The van der Waals surface area contributed by atoms with E-state index in [4.69, 9.17) is 11.0 Å². The number of hydrogen-bond acceptors (Lipinski definition) is 3. The molecule has 0 aliphatic heterocycles. The molecule has 3 nitrogen and oxygen atoms in total. The van der Waals surface area contributed by atoms with Crippen LogP contribution >= 0.6 is 0 Å². The summed E-state index contributed by atoms with van der Waals surface area (Å²) in [5, 5.41) is 8.47. The second kappa shape index (κ2) is 5.99. The van der Waals surface area contributed by atoms with Gasteiger partial charge in [-0.15, -0.1) is 0 Å². The Kier molecular flexibility index (Phi) is 5.69. The van der Waals surface area contributed by atoms with Crippen molar-refractivity contribution in [3.05, 3.63) is 0 Å². The quantitative estimate of drug-likeness (QED) is 0.662. The molecular formula is C9H19N3. The maximum atomic E-state index is 8.47. The fraction of sp³-hybridized carbons (Fsp3) is 0.889. The summed E-state index contributed by atoms with van der Waals surface area (Å²) >= 11 is 0. The molecule has 0 aromatic rings. The molecule has 0 aliphatic rings. The van der Waals surface area contributed by atoms with Gasteiger partial charge in [0, 0.05) is 13.1 Å². The number of nitrogens with zero attached hydrogens (tertiary/aromatic N) is 2. The summed E-state index contributed by atoms with van der Waals surface area (Å²) in [6.45, 7) is 6.06. The molecule has 2 N–H and O–H groups in total. The average molecular weight is 169 g/mol. The summed E-state index contributed by atoms with van der Waals surface area (Å²) in [5.74, 6) is 0.681. The lowest BCUT2D eigenvalue weighted by molar-refractivity contribution is 0.278. The Labute approximate surface area is 75.2 Å². The van der Waals surface area contributed by atoms with Crippen LogP contribution < -0.4 is 5.73 Å². The largest absolute Gasteiger partial charge is 0.315 e. The Balaban J connectivity index is 3.60. The highest BCUT2D eigenvalue weighted by Gasteiger charge is 2.07. The topological polar surface area (TPSA) is 53.0 Å². The van der Waals surface area contributed by atoms with Crippen LogP contribution in [0.15, 0.2) is 0 Å². The van der Waals surface area contributed by atoms with Crippen LogP contribution in [0.4, 0.5) is 0 Å². The van der Waals surface area contributed by atoms with Crippen LogP contribution in [-0.4, -0.2) is 31.1 Å². The third-order valence-corrected chi connectivity index (χ3v) is 1.99. The van der Waals surface area contributed by atoms with Gasteiger partial charge in [0.2, 0.25) is 0 Å². The molecule has 12 heavy (non-hydrogen) atoms. The van der Waals surface area contributed by atoms with E-state index in [-0.39, 0.29) is 6.04 Å². The molecule has 0 spiro atoms. The molecule has 0 rings (SSSR count). The highest BCUT2D eigenvalue weighted by Crippen LogP contribution is 2.02. The molecule has 0 radical (unpaired) electrons. The summed E-state index contributed by atoms with van der Waals surface area (Å²) in [6, 6.07) is 1.68. The summed E-state index contributed by atoms with van der Waals surface area (Å²) in [5.41, 5.74) is 5.49. The Morgan fingerprint density at radius 2 is 2.08 bits per heavy atom. The molecule has 0 heterocycles. The number of nitrogens with two attached hydrogens (primary N) is 1. The van der Waals surface area contributed by atoms with Crippen molar-refractivity contribution in [1.82, 2.24) is 4.90 Å². The van der Waals surface area contributed by atoms with Crippen molar-refractivity contribution in [1.29, 1.82) is 5.26 Å². The zero-order valence-electron chi connectivity index (χ0n) is 8.25. The Hall–Kier alpha value is -0.590. The lowest BCUT2D eigenvalue weighted by atomic mass is 10.1. The standard InChI is InChI=1S/C9H19N3/c1-4-8(2)6-12(3)7-9(11)5-10/h8-9H,4,6-7,11H2,1-3H3. The van der Waals surface area contributed by atoms with Gasteiger partial charge in [-0.2, -0.15) is 5.26 Å². The van der Waals surface area contributed by atoms with Crippen molar-refractivity contribution in [2.24, 2.45) is 11.7 Å². The lowest BCUT2D eigenvalue weighted by Gasteiger charge is -2.20. The minimum Gasteiger partial charge on any atom is -0.315 e. The normalized spacial score (nSPS) is 15.7. The molecule has 0 aromatic carbocycles. The summed E-state index contributed by atoms with van der Waals surface area (Å²) < 4.78 is 0. The van der Waals surface area contributed by atoms with E-state index in [1.54, 1.807) is 0 Å². The van der Waals surface area contributed by atoms with Gasteiger partial charge in [0.05, 0.1) is 6.07 Å². The predicted octanol–water partition coefficient (Wildman–Crippen LogP) is 0.815. The second-order valence-electron chi connectivity index (χ2n) is 3.47. The van der Waals surface area contributed by atoms with E-state index in [0.29, 0.717) is 12.5 Å².